The van der Waals surface area contributed by atoms with Crippen LogP contribution in [0.15, 0.2) is 0 Å². The van der Waals surface area contributed by atoms with E-state index in [0.717, 1.165) is 19.5 Å². The van der Waals surface area contributed by atoms with Crippen molar-refractivity contribution in [3.8, 4) is 0 Å². The molecule has 0 aromatic rings. The zero-order valence-corrected chi connectivity index (χ0v) is 12.3. The molecule has 1 saturated heterocycles. The summed E-state index contributed by atoms with van der Waals surface area (Å²) in [5, 5.41) is 16.1. The van der Waals surface area contributed by atoms with Crippen LogP contribution in [-0.4, -0.2) is 48.3 Å². The van der Waals surface area contributed by atoms with Crippen molar-refractivity contribution in [1.29, 1.82) is 0 Å². The van der Waals surface area contributed by atoms with E-state index in [9.17, 15) is 9.90 Å². The third-order valence-electron chi connectivity index (χ3n) is 3.36. The Morgan fingerprint density at radius 2 is 2.17 bits per heavy atom. The maximum atomic E-state index is 11.7. The highest BCUT2D eigenvalue weighted by molar-refractivity contribution is 7.98. The average molecular weight is 274 g/mol. The molecule has 1 aliphatic heterocycles. The molecule has 1 fully saturated rings. The number of hydrogen-bond donors (Lipinski definition) is 3. The van der Waals surface area contributed by atoms with Crippen molar-refractivity contribution in [1.82, 2.24) is 10.6 Å². The first-order chi connectivity index (χ1) is 8.53. The lowest BCUT2D eigenvalue weighted by Gasteiger charge is -2.24. The largest absolute Gasteiger partial charge is 0.387 e. The summed E-state index contributed by atoms with van der Waals surface area (Å²) >= 11 is 1.59. The van der Waals surface area contributed by atoms with E-state index in [1.54, 1.807) is 18.7 Å². The van der Waals surface area contributed by atoms with Gasteiger partial charge in [0.05, 0.1) is 5.60 Å². The van der Waals surface area contributed by atoms with Crippen LogP contribution in [-0.2, 0) is 4.79 Å². The van der Waals surface area contributed by atoms with Crippen LogP contribution >= 0.6 is 11.8 Å². The van der Waals surface area contributed by atoms with Crippen LogP contribution in [0.25, 0.3) is 0 Å². The lowest BCUT2D eigenvalue weighted by Crippen LogP contribution is -2.42. The smallest absolute Gasteiger partial charge is 0.220 e. The third-order valence-corrected chi connectivity index (χ3v) is 4.27. The molecule has 1 atom stereocenters. The number of piperidine rings is 1. The van der Waals surface area contributed by atoms with Crippen molar-refractivity contribution >= 4 is 17.7 Å². The van der Waals surface area contributed by atoms with Gasteiger partial charge in [0.1, 0.15) is 0 Å². The van der Waals surface area contributed by atoms with E-state index in [1.165, 1.54) is 12.8 Å². The van der Waals surface area contributed by atoms with Gasteiger partial charge in [-0.3, -0.25) is 4.79 Å². The van der Waals surface area contributed by atoms with Crippen LogP contribution in [0, 0.1) is 5.92 Å². The Kier molecular flexibility index (Phi) is 7.04. The molecule has 1 amide bonds. The van der Waals surface area contributed by atoms with E-state index in [0.29, 0.717) is 24.6 Å². The normalized spacial score (nSPS) is 20.4. The summed E-state index contributed by atoms with van der Waals surface area (Å²) in [6.45, 7) is 4.26. The fourth-order valence-electron chi connectivity index (χ4n) is 2.24. The maximum Gasteiger partial charge on any atom is 0.220 e. The van der Waals surface area contributed by atoms with Crippen molar-refractivity contribution in [2.45, 2.75) is 38.2 Å². The summed E-state index contributed by atoms with van der Waals surface area (Å²) in [5.41, 5.74) is -0.802. The summed E-state index contributed by atoms with van der Waals surface area (Å²) in [7, 11) is 0. The Bertz CT molecular complexity index is 253. The van der Waals surface area contributed by atoms with Gasteiger partial charge in [-0.15, -0.1) is 0 Å². The Labute approximate surface area is 114 Å². The molecule has 0 saturated carbocycles. The van der Waals surface area contributed by atoms with Crippen LogP contribution in [0.2, 0.25) is 0 Å². The van der Waals surface area contributed by atoms with Gasteiger partial charge in [0.2, 0.25) is 5.91 Å². The van der Waals surface area contributed by atoms with E-state index >= 15 is 0 Å². The maximum absolute atomic E-state index is 11.7. The molecule has 106 valence electrons. The van der Waals surface area contributed by atoms with Crippen LogP contribution < -0.4 is 10.6 Å². The topological polar surface area (TPSA) is 61.4 Å². The zero-order valence-electron chi connectivity index (χ0n) is 11.5. The zero-order chi connectivity index (χ0) is 13.4. The SMILES string of the molecule is CSCC(C)(O)CNC(=O)CCC1CCNCC1. The fourth-order valence-corrected chi connectivity index (χ4v) is 2.97. The summed E-state index contributed by atoms with van der Waals surface area (Å²) in [6.07, 6.45) is 5.86. The molecule has 0 aromatic heterocycles. The molecular formula is C13H26N2O2S. The molecule has 0 aliphatic carbocycles. The second kappa shape index (κ2) is 8.02. The minimum absolute atomic E-state index is 0.0647. The predicted molar refractivity (Wildman–Crippen MR) is 76.8 cm³/mol. The minimum atomic E-state index is -0.802. The first kappa shape index (κ1) is 15.8. The van der Waals surface area contributed by atoms with Crippen molar-refractivity contribution in [3.63, 3.8) is 0 Å². The predicted octanol–water partition coefficient (Wildman–Crippen LogP) is 0.996. The summed E-state index contributed by atoms with van der Waals surface area (Å²) in [4.78, 5) is 11.7. The summed E-state index contributed by atoms with van der Waals surface area (Å²) in [5.74, 6) is 1.39. The quantitative estimate of drug-likeness (QED) is 0.648. The molecule has 1 heterocycles. The third kappa shape index (κ3) is 6.61. The number of hydrogen-bond acceptors (Lipinski definition) is 4. The average Bonchev–Trinajstić information content (AvgIpc) is 2.35. The van der Waals surface area contributed by atoms with Crippen molar-refractivity contribution in [2.24, 2.45) is 5.92 Å². The van der Waals surface area contributed by atoms with Gasteiger partial charge in [0, 0.05) is 18.7 Å². The van der Waals surface area contributed by atoms with Gasteiger partial charge < -0.3 is 15.7 Å². The van der Waals surface area contributed by atoms with Gasteiger partial charge >= 0.3 is 0 Å². The second-order valence-corrected chi connectivity index (χ2v) is 6.30. The second-order valence-electron chi connectivity index (χ2n) is 5.44. The number of amides is 1. The number of nitrogens with one attached hydrogen (secondary N) is 2. The number of aliphatic hydroxyl groups is 1. The molecule has 1 rings (SSSR count). The van der Waals surface area contributed by atoms with Crippen LogP contribution in [0.1, 0.15) is 32.6 Å². The summed E-state index contributed by atoms with van der Waals surface area (Å²) in [6, 6.07) is 0. The highest BCUT2D eigenvalue weighted by Gasteiger charge is 2.21. The van der Waals surface area contributed by atoms with Gasteiger partial charge in [0.25, 0.3) is 0 Å². The van der Waals surface area contributed by atoms with Crippen LogP contribution in [0.5, 0.6) is 0 Å². The van der Waals surface area contributed by atoms with E-state index in [-0.39, 0.29) is 5.91 Å². The molecule has 0 bridgehead atoms. The fraction of sp³-hybridized carbons (Fsp3) is 0.923. The number of carbonyl (C=O) groups excluding carboxylic acids is 1. The molecule has 0 spiro atoms. The van der Waals surface area contributed by atoms with E-state index in [1.807, 2.05) is 6.26 Å². The van der Waals surface area contributed by atoms with E-state index in [2.05, 4.69) is 10.6 Å². The van der Waals surface area contributed by atoms with Gasteiger partial charge in [0.15, 0.2) is 0 Å². The molecule has 0 radical (unpaired) electrons. The van der Waals surface area contributed by atoms with Gasteiger partial charge in [-0.2, -0.15) is 11.8 Å². The number of carbonyl (C=O) groups is 1. The van der Waals surface area contributed by atoms with Crippen LogP contribution in [0.3, 0.4) is 0 Å². The Hall–Kier alpha value is -0.260. The van der Waals surface area contributed by atoms with Gasteiger partial charge in [-0.25, -0.2) is 0 Å². The van der Waals surface area contributed by atoms with Gasteiger partial charge in [-0.1, -0.05) is 0 Å². The molecule has 0 aromatic carbocycles. The number of rotatable bonds is 7. The molecule has 1 aliphatic rings. The molecule has 4 nitrogen and oxygen atoms in total. The van der Waals surface area contributed by atoms with E-state index in [4.69, 9.17) is 0 Å². The minimum Gasteiger partial charge on any atom is -0.387 e. The highest BCUT2D eigenvalue weighted by Crippen LogP contribution is 2.17. The lowest BCUT2D eigenvalue weighted by molar-refractivity contribution is -0.122. The highest BCUT2D eigenvalue weighted by atomic mass is 32.2. The first-order valence-electron chi connectivity index (χ1n) is 6.72. The Morgan fingerprint density at radius 3 is 2.78 bits per heavy atom. The monoisotopic (exact) mass is 274 g/mol. The van der Waals surface area contributed by atoms with Crippen molar-refractivity contribution < 1.29 is 9.90 Å². The van der Waals surface area contributed by atoms with Crippen molar-refractivity contribution in [3.05, 3.63) is 0 Å². The molecule has 5 heteroatoms. The molecule has 18 heavy (non-hydrogen) atoms. The lowest BCUT2D eigenvalue weighted by atomic mass is 9.93. The Balaban J connectivity index is 2.13. The van der Waals surface area contributed by atoms with Crippen LogP contribution in [0.4, 0.5) is 0 Å². The summed E-state index contributed by atoms with van der Waals surface area (Å²) < 4.78 is 0. The molecular weight excluding hydrogens is 248 g/mol. The number of thioether (sulfide) groups is 1. The van der Waals surface area contributed by atoms with Gasteiger partial charge in [-0.05, 0) is 51.4 Å². The molecule has 3 N–H and O–H groups in total. The first-order valence-corrected chi connectivity index (χ1v) is 8.11. The molecule has 1 unspecified atom stereocenters. The standard InChI is InChI=1S/C13H26N2O2S/c1-13(17,10-18-2)9-15-12(16)4-3-11-5-7-14-8-6-11/h11,14,17H,3-10H2,1-2H3,(H,15,16). The van der Waals surface area contributed by atoms with E-state index < -0.39 is 5.60 Å². The van der Waals surface area contributed by atoms with Crippen molar-refractivity contribution in [2.75, 3.05) is 31.6 Å². The Morgan fingerprint density at radius 1 is 1.50 bits per heavy atom.